The van der Waals surface area contributed by atoms with Crippen molar-refractivity contribution in [2.75, 3.05) is 172 Å². The minimum Gasteiger partial charge on any atom is -0.481 e. The molecule has 0 fully saturated rings. The van der Waals surface area contributed by atoms with Gasteiger partial charge in [-0.3, -0.25) is 9.59 Å². The van der Waals surface area contributed by atoms with Gasteiger partial charge >= 0.3 is 11.9 Å². The van der Waals surface area contributed by atoms with Crippen LogP contribution in [-0.4, -0.2) is 189 Å². The minimum absolute atomic E-state index is 0.0103. The van der Waals surface area contributed by atoms with Crippen LogP contribution in [0.15, 0.2) is 78.9 Å². The highest BCUT2D eigenvalue weighted by Gasteiger charge is 2.05. The molecule has 3 rings (SSSR count). The van der Waals surface area contributed by atoms with Crippen LogP contribution in [0.1, 0.15) is 40.7 Å². The fraction of sp³-hybridized carbons (Fsp3) is 0.547. The van der Waals surface area contributed by atoms with E-state index in [1.165, 1.54) is 0 Å². The van der Waals surface area contributed by atoms with Gasteiger partial charge in [0.25, 0.3) is 0 Å². The highest BCUT2D eigenvalue weighted by Crippen LogP contribution is 2.09. The quantitative estimate of drug-likeness (QED) is 0.0471. The van der Waals surface area contributed by atoms with E-state index in [0.717, 1.165) is 27.8 Å². The summed E-state index contributed by atoms with van der Waals surface area (Å²) >= 11 is 0. The van der Waals surface area contributed by atoms with Gasteiger partial charge in [-0.05, 0) is 42.0 Å². The van der Waals surface area contributed by atoms with Crippen molar-refractivity contribution < 1.29 is 81.0 Å². The summed E-state index contributed by atoms with van der Waals surface area (Å²) in [5.41, 5.74) is 4.41. The predicted octanol–water partition coefficient (Wildman–Crippen LogP) is 4.61. The summed E-state index contributed by atoms with van der Waals surface area (Å²) in [6.07, 6.45) is 0.145. The van der Waals surface area contributed by atoms with Gasteiger partial charge < -0.3 is 71.4 Å². The second-order valence-corrected chi connectivity index (χ2v) is 14.6. The Labute approximate surface area is 413 Å². The summed E-state index contributed by atoms with van der Waals surface area (Å²) in [7, 11) is 0. The lowest BCUT2D eigenvalue weighted by Gasteiger charge is -2.09. The van der Waals surface area contributed by atoms with Crippen molar-refractivity contribution in [3.63, 3.8) is 0 Å². The predicted molar refractivity (Wildman–Crippen MR) is 259 cm³/mol. The maximum Gasteiger partial charge on any atom is 0.308 e. The van der Waals surface area contributed by atoms with Gasteiger partial charge in [-0.2, -0.15) is 0 Å². The Hall–Kier alpha value is -4.80. The number of ether oxygens (including phenoxy) is 14. The number of hydrogen-bond donors (Lipinski definition) is 1. The molecule has 70 heavy (non-hydrogen) atoms. The van der Waals surface area contributed by atoms with Crippen LogP contribution in [0.5, 0.6) is 0 Å². The summed E-state index contributed by atoms with van der Waals surface area (Å²) in [6.45, 7) is 11.4. The summed E-state index contributed by atoms with van der Waals surface area (Å²) in [5.74, 6) is 11.6. The molecule has 3 aromatic rings. The summed E-state index contributed by atoms with van der Waals surface area (Å²) in [4.78, 5) is 22.6. The van der Waals surface area contributed by atoms with Crippen LogP contribution in [-0.2, 0) is 82.5 Å². The second-order valence-electron chi connectivity index (χ2n) is 14.6. The number of benzene rings is 3. The van der Waals surface area contributed by atoms with E-state index < -0.39 is 5.97 Å². The van der Waals surface area contributed by atoms with Crippen LogP contribution in [0.2, 0.25) is 0 Å². The molecule has 0 aliphatic heterocycles. The van der Waals surface area contributed by atoms with Crippen LogP contribution in [0.3, 0.4) is 0 Å². The van der Waals surface area contributed by atoms with Crippen molar-refractivity contribution in [1.82, 2.24) is 0 Å². The summed E-state index contributed by atoms with van der Waals surface area (Å²) in [5, 5.41) is 8.52. The zero-order chi connectivity index (χ0) is 49.5. The first-order chi connectivity index (χ1) is 34.6. The van der Waals surface area contributed by atoms with Crippen LogP contribution >= 0.6 is 0 Å². The Morgan fingerprint density at radius 1 is 0.329 bits per heavy atom. The van der Waals surface area contributed by atoms with Crippen LogP contribution in [0.25, 0.3) is 0 Å². The van der Waals surface area contributed by atoms with Crippen LogP contribution < -0.4 is 0 Å². The number of rotatable bonds is 44. The molecule has 0 aromatic heterocycles. The number of hydrogen-bond acceptors (Lipinski definition) is 16. The smallest absolute Gasteiger partial charge is 0.308 e. The van der Waals surface area contributed by atoms with Crippen molar-refractivity contribution in [2.45, 2.75) is 19.4 Å². The van der Waals surface area contributed by atoms with Gasteiger partial charge in [0.2, 0.25) is 0 Å². The number of carboxylic acids is 1. The average Bonchev–Trinajstić information content (AvgIpc) is 3.38. The third-order valence-corrected chi connectivity index (χ3v) is 9.11. The first-order valence-corrected chi connectivity index (χ1v) is 23.8. The molecule has 0 amide bonds. The molecule has 17 heteroatoms. The van der Waals surface area contributed by atoms with Gasteiger partial charge in [0.15, 0.2) is 0 Å². The fourth-order valence-electron chi connectivity index (χ4n) is 5.48. The molecular weight excluding hydrogens is 909 g/mol. The Kier molecular flexibility index (Phi) is 37.5. The van der Waals surface area contributed by atoms with Crippen molar-refractivity contribution in [3.8, 4) is 23.7 Å². The van der Waals surface area contributed by atoms with Gasteiger partial charge in [-0.15, -0.1) is 0 Å². The van der Waals surface area contributed by atoms with Crippen molar-refractivity contribution in [3.05, 3.63) is 107 Å². The first kappa shape index (κ1) is 59.5. The highest BCUT2D eigenvalue weighted by molar-refractivity contribution is 5.69. The molecule has 0 bridgehead atoms. The van der Waals surface area contributed by atoms with Crippen molar-refractivity contribution in [1.29, 1.82) is 0 Å². The van der Waals surface area contributed by atoms with E-state index in [4.69, 9.17) is 71.4 Å². The number of aliphatic carboxylic acids is 1. The lowest BCUT2D eigenvalue weighted by atomic mass is 10.1. The minimum atomic E-state index is -0.880. The third-order valence-electron chi connectivity index (χ3n) is 9.11. The lowest BCUT2D eigenvalue weighted by molar-refractivity contribution is -0.146. The van der Waals surface area contributed by atoms with Crippen molar-refractivity contribution in [2.24, 2.45) is 0 Å². The maximum absolute atomic E-state index is 12.2. The van der Waals surface area contributed by atoms with E-state index in [1.807, 2.05) is 78.9 Å². The Morgan fingerprint density at radius 2 is 0.614 bits per heavy atom. The number of carbonyl (C=O) groups excluding carboxylic acids is 1. The molecule has 1 N–H and O–H groups in total. The highest BCUT2D eigenvalue weighted by atomic mass is 16.6. The van der Waals surface area contributed by atoms with Crippen molar-refractivity contribution >= 4 is 11.9 Å². The monoisotopic (exact) mass is 980 g/mol. The molecule has 0 saturated heterocycles. The average molecular weight is 981 g/mol. The van der Waals surface area contributed by atoms with E-state index in [-0.39, 0.29) is 38.6 Å². The largest absolute Gasteiger partial charge is 0.481 e. The van der Waals surface area contributed by atoms with E-state index in [2.05, 4.69) is 23.7 Å². The number of carbonyl (C=O) groups is 2. The van der Waals surface area contributed by atoms with Crippen LogP contribution in [0, 0.1) is 23.7 Å². The molecule has 0 spiro atoms. The first-order valence-electron chi connectivity index (χ1n) is 23.8. The Bertz CT molecular complexity index is 1860. The molecule has 0 aliphatic rings. The van der Waals surface area contributed by atoms with Gasteiger partial charge in [0.1, 0.15) is 6.61 Å². The zero-order valence-corrected chi connectivity index (χ0v) is 40.5. The normalized spacial score (nSPS) is 10.9. The molecular formula is C53H72O17. The molecule has 0 aliphatic carbocycles. The Balaban J connectivity index is 0.963. The second kappa shape index (κ2) is 44.2. The van der Waals surface area contributed by atoms with Gasteiger partial charge in [-0.25, -0.2) is 0 Å². The van der Waals surface area contributed by atoms with Gasteiger partial charge in [-0.1, -0.05) is 66.1 Å². The molecule has 0 unspecified atom stereocenters. The molecule has 0 heterocycles. The van der Waals surface area contributed by atoms with Crippen LogP contribution in [0.4, 0.5) is 0 Å². The molecule has 17 nitrogen and oxygen atoms in total. The Morgan fingerprint density at radius 3 is 0.943 bits per heavy atom. The molecule has 0 saturated carbocycles. The SMILES string of the molecule is O=C(O)CCOCCOCCOCCOCCOCCOCCOCCOCCOCCOCCOCCOCCOCCC(=O)OCc1ccc(C#Cc2ccccc2C#Cc2ccccc2)cc1. The molecule has 0 radical (unpaired) electrons. The third kappa shape index (κ3) is 35.3. The maximum atomic E-state index is 12.2. The summed E-state index contributed by atoms with van der Waals surface area (Å²) < 4.78 is 76.2. The van der Waals surface area contributed by atoms with E-state index in [0.29, 0.717) is 159 Å². The number of esters is 1. The van der Waals surface area contributed by atoms with E-state index >= 15 is 0 Å². The fourth-order valence-corrected chi connectivity index (χ4v) is 5.48. The standard InChI is InChI=1S/C53H72O17/c54-52(55)18-20-57-22-24-59-26-28-61-30-32-63-34-36-65-38-40-67-42-44-69-45-43-68-41-39-66-37-35-64-33-31-62-29-27-60-25-23-58-21-19-53(56)70-46-49-12-10-48(11-13-49)15-17-51-9-5-4-8-50(51)16-14-47-6-2-1-3-7-47/h1-13H,18-46H2,(H,54,55). The molecule has 3 aromatic carbocycles. The van der Waals surface area contributed by atoms with Gasteiger partial charge in [0.05, 0.1) is 185 Å². The lowest BCUT2D eigenvalue weighted by Crippen LogP contribution is -2.15. The molecule has 0 atom stereocenters. The van der Waals surface area contributed by atoms with E-state index in [9.17, 15) is 9.59 Å². The van der Waals surface area contributed by atoms with E-state index in [1.54, 1.807) is 0 Å². The van der Waals surface area contributed by atoms with Gasteiger partial charge in [0, 0.05) is 22.3 Å². The topological polar surface area (TPSA) is 184 Å². The zero-order valence-electron chi connectivity index (χ0n) is 40.5. The molecule has 386 valence electrons. The summed E-state index contributed by atoms with van der Waals surface area (Å²) in [6, 6.07) is 25.3. The number of carboxylic acid groups (broad SMARTS) is 1.